The van der Waals surface area contributed by atoms with Gasteiger partial charge in [-0.1, -0.05) is 66.2 Å². The summed E-state index contributed by atoms with van der Waals surface area (Å²) < 4.78 is 0. The average molecular weight is 471 g/mol. The number of carbonyl (C=O) groups excluding carboxylic acids is 1. The Bertz CT molecular complexity index is 1260. The van der Waals surface area contributed by atoms with Crippen molar-refractivity contribution in [2.24, 2.45) is 10.5 Å². The molecule has 6 rings (SSSR count). The molecule has 0 aromatic heterocycles. The van der Waals surface area contributed by atoms with E-state index >= 15 is 0 Å². The minimum absolute atomic E-state index is 0.0131. The fraction of sp³-hybridized carbons (Fsp3) is 0.286. The Labute approximate surface area is 205 Å². The molecule has 34 heavy (non-hydrogen) atoms. The third kappa shape index (κ3) is 3.34. The number of hydrazone groups is 1. The number of amides is 1. The van der Waals surface area contributed by atoms with E-state index in [0.29, 0.717) is 6.42 Å². The van der Waals surface area contributed by atoms with Gasteiger partial charge in [0.1, 0.15) is 5.41 Å². The summed E-state index contributed by atoms with van der Waals surface area (Å²) in [4.78, 5) is 19.1. The lowest BCUT2D eigenvalue weighted by molar-refractivity contribution is -0.125. The van der Waals surface area contributed by atoms with E-state index < -0.39 is 5.41 Å². The second-order valence-electron chi connectivity index (χ2n) is 9.49. The van der Waals surface area contributed by atoms with Crippen LogP contribution in [-0.4, -0.2) is 42.2 Å². The van der Waals surface area contributed by atoms with Crippen molar-refractivity contribution >= 4 is 34.6 Å². The fourth-order valence-corrected chi connectivity index (χ4v) is 6.03. The van der Waals surface area contributed by atoms with Crippen molar-refractivity contribution in [3.63, 3.8) is 0 Å². The van der Waals surface area contributed by atoms with E-state index in [4.69, 9.17) is 16.7 Å². The van der Waals surface area contributed by atoms with Crippen LogP contribution in [0.4, 0.5) is 11.4 Å². The first-order valence-corrected chi connectivity index (χ1v) is 12.2. The molecular weight excluding hydrogens is 444 g/mol. The number of anilines is 2. The highest BCUT2D eigenvalue weighted by molar-refractivity contribution is 6.31. The minimum Gasteiger partial charge on any atom is -0.364 e. The van der Waals surface area contributed by atoms with Crippen LogP contribution in [0.25, 0.3) is 0 Å². The zero-order valence-corrected chi connectivity index (χ0v) is 19.9. The molecule has 3 heterocycles. The average Bonchev–Trinajstić information content (AvgIpc) is 3.11. The van der Waals surface area contributed by atoms with E-state index in [9.17, 15) is 4.79 Å². The Morgan fingerprint density at radius 3 is 2.50 bits per heavy atom. The van der Waals surface area contributed by atoms with E-state index in [1.807, 2.05) is 49.4 Å². The van der Waals surface area contributed by atoms with Crippen LogP contribution in [0.15, 0.2) is 84.0 Å². The molecule has 5 nitrogen and oxygen atoms in total. The summed E-state index contributed by atoms with van der Waals surface area (Å²) in [5.74, 6) is 0.0633. The van der Waals surface area contributed by atoms with E-state index in [1.165, 1.54) is 5.56 Å². The summed E-state index contributed by atoms with van der Waals surface area (Å²) in [7, 11) is 0. The smallest absolute Gasteiger partial charge is 0.261 e. The van der Waals surface area contributed by atoms with Crippen molar-refractivity contribution < 1.29 is 4.79 Å². The highest BCUT2D eigenvalue weighted by Gasteiger charge is 2.59. The van der Waals surface area contributed by atoms with Gasteiger partial charge in [0.05, 0.1) is 17.4 Å². The summed E-state index contributed by atoms with van der Waals surface area (Å²) in [6, 6.07) is 26.4. The van der Waals surface area contributed by atoms with Crippen molar-refractivity contribution in [3.8, 4) is 0 Å². The van der Waals surface area contributed by atoms with Gasteiger partial charge in [0, 0.05) is 36.9 Å². The number of fused-ring (bicyclic) bond motifs is 4. The summed E-state index contributed by atoms with van der Waals surface area (Å²) in [5.41, 5.74) is 4.61. The number of carbonyl (C=O) groups is 1. The van der Waals surface area contributed by atoms with Crippen LogP contribution in [0.3, 0.4) is 0 Å². The van der Waals surface area contributed by atoms with Gasteiger partial charge < -0.3 is 4.90 Å². The molecule has 3 aliphatic heterocycles. The van der Waals surface area contributed by atoms with Gasteiger partial charge in [0.2, 0.25) is 0 Å². The number of halogens is 1. The zero-order chi connectivity index (χ0) is 23.3. The van der Waals surface area contributed by atoms with Crippen molar-refractivity contribution in [2.75, 3.05) is 29.5 Å². The van der Waals surface area contributed by atoms with Crippen LogP contribution in [0.1, 0.15) is 18.1 Å². The quantitative estimate of drug-likeness (QED) is 0.541. The topological polar surface area (TPSA) is 39.2 Å². The SMILES string of the molecule is CC1=NN(c2ccccc2)C(=O)[C@@]12Cc1ccc(Cl)cc1N1CCN(Cc3ccccc3)C[C@H]12. The van der Waals surface area contributed by atoms with Crippen molar-refractivity contribution in [2.45, 2.75) is 25.9 Å². The number of piperazine rings is 1. The van der Waals surface area contributed by atoms with E-state index in [-0.39, 0.29) is 11.9 Å². The first-order valence-electron chi connectivity index (χ1n) is 11.8. The molecule has 0 N–H and O–H groups in total. The van der Waals surface area contributed by atoms with Crippen LogP contribution in [0.2, 0.25) is 5.02 Å². The number of nitrogens with zero attached hydrogens (tertiary/aromatic N) is 4. The maximum absolute atomic E-state index is 14.2. The van der Waals surface area contributed by atoms with Crippen molar-refractivity contribution in [1.82, 2.24) is 4.90 Å². The molecule has 3 aromatic carbocycles. The summed E-state index contributed by atoms with van der Waals surface area (Å²) >= 11 is 6.42. The van der Waals surface area contributed by atoms with E-state index in [2.05, 4.69) is 46.2 Å². The summed E-state index contributed by atoms with van der Waals surface area (Å²) in [5, 5.41) is 7.18. The molecule has 1 fully saturated rings. The van der Waals surface area contributed by atoms with Crippen LogP contribution in [-0.2, 0) is 17.8 Å². The van der Waals surface area contributed by atoms with Gasteiger partial charge in [0.25, 0.3) is 5.91 Å². The molecular formula is C28H27ClN4O. The van der Waals surface area contributed by atoms with Crippen LogP contribution < -0.4 is 9.91 Å². The van der Waals surface area contributed by atoms with Gasteiger partial charge in [-0.2, -0.15) is 10.1 Å². The Balaban J connectivity index is 1.41. The Hall–Kier alpha value is -3.15. The van der Waals surface area contributed by atoms with Crippen LogP contribution >= 0.6 is 11.6 Å². The number of benzene rings is 3. The maximum Gasteiger partial charge on any atom is 0.261 e. The van der Waals surface area contributed by atoms with Gasteiger partial charge in [0.15, 0.2) is 0 Å². The molecule has 1 spiro atoms. The van der Waals surface area contributed by atoms with E-state index in [1.54, 1.807) is 5.01 Å². The fourth-order valence-electron chi connectivity index (χ4n) is 5.87. The molecule has 0 unspecified atom stereocenters. The van der Waals surface area contributed by atoms with Gasteiger partial charge in [-0.25, -0.2) is 0 Å². The predicted molar refractivity (Wildman–Crippen MR) is 137 cm³/mol. The minimum atomic E-state index is -0.702. The molecule has 1 amide bonds. The number of rotatable bonds is 3. The molecule has 0 radical (unpaired) electrons. The molecule has 0 saturated carbocycles. The highest BCUT2D eigenvalue weighted by atomic mass is 35.5. The highest BCUT2D eigenvalue weighted by Crippen LogP contribution is 2.48. The molecule has 1 saturated heterocycles. The molecule has 2 atom stereocenters. The number of hydrogen-bond acceptors (Lipinski definition) is 4. The van der Waals surface area contributed by atoms with E-state index in [0.717, 1.165) is 53.9 Å². The van der Waals surface area contributed by atoms with Crippen molar-refractivity contribution in [1.29, 1.82) is 0 Å². The van der Waals surface area contributed by atoms with Gasteiger partial charge in [-0.3, -0.25) is 9.69 Å². The lowest BCUT2D eigenvalue weighted by Crippen LogP contribution is -2.66. The summed E-state index contributed by atoms with van der Waals surface area (Å²) in [6.45, 7) is 5.47. The maximum atomic E-state index is 14.2. The first-order chi connectivity index (χ1) is 16.6. The zero-order valence-electron chi connectivity index (χ0n) is 19.2. The predicted octanol–water partition coefficient (Wildman–Crippen LogP) is 5.00. The monoisotopic (exact) mass is 470 g/mol. The number of para-hydroxylation sites is 1. The molecule has 3 aliphatic rings. The van der Waals surface area contributed by atoms with Crippen LogP contribution in [0.5, 0.6) is 0 Å². The molecule has 172 valence electrons. The molecule has 0 bridgehead atoms. The standard InChI is InChI=1S/C28H27ClN4O/c1-20-28(27(34)33(30-20)24-10-6-3-7-11-24)17-22-12-13-23(29)16-25(22)32-15-14-31(19-26(28)32)18-21-8-4-2-5-9-21/h2-13,16,26H,14-15,17-19H2,1H3/t26-,28-/m0/s1. The molecule has 0 aliphatic carbocycles. The van der Waals surface area contributed by atoms with Gasteiger partial charge >= 0.3 is 0 Å². The lowest BCUT2D eigenvalue weighted by Gasteiger charge is -2.53. The largest absolute Gasteiger partial charge is 0.364 e. The van der Waals surface area contributed by atoms with Gasteiger partial charge in [-0.05, 0) is 48.7 Å². The van der Waals surface area contributed by atoms with Crippen molar-refractivity contribution in [3.05, 3.63) is 95.0 Å². The first kappa shape index (κ1) is 21.4. The Morgan fingerprint density at radius 1 is 1.00 bits per heavy atom. The Kier molecular flexibility index (Phi) is 5.19. The van der Waals surface area contributed by atoms with Crippen LogP contribution in [0, 0.1) is 5.41 Å². The lowest BCUT2D eigenvalue weighted by atomic mass is 9.67. The third-order valence-corrected chi connectivity index (χ3v) is 7.81. The van der Waals surface area contributed by atoms with Gasteiger partial charge in [-0.15, -0.1) is 0 Å². The second-order valence-corrected chi connectivity index (χ2v) is 9.93. The molecule has 3 aromatic rings. The summed E-state index contributed by atoms with van der Waals surface area (Å²) in [6.07, 6.45) is 0.636. The molecule has 6 heteroatoms. The normalized spacial score (nSPS) is 24.2. The number of hydrogen-bond donors (Lipinski definition) is 0. The third-order valence-electron chi connectivity index (χ3n) is 7.58. The Morgan fingerprint density at radius 2 is 1.74 bits per heavy atom. The second kappa shape index (κ2) is 8.26.